The summed E-state index contributed by atoms with van der Waals surface area (Å²) < 4.78 is 7.04. The van der Waals surface area contributed by atoms with Crippen LogP contribution >= 0.6 is 11.8 Å². The van der Waals surface area contributed by atoms with E-state index in [0.29, 0.717) is 11.6 Å². The molecule has 0 aliphatic rings. The summed E-state index contributed by atoms with van der Waals surface area (Å²) in [5.74, 6) is 1.64. The first-order chi connectivity index (χ1) is 12.7. The van der Waals surface area contributed by atoms with Gasteiger partial charge in [0.2, 0.25) is 5.91 Å². The minimum Gasteiger partial charge on any atom is -0.497 e. The van der Waals surface area contributed by atoms with Gasteiger partial charge in [0.1, 0.15) is 5.75 Å². The van der Waals surface area contributed by atoms with Gasteiger partial charge in [0.15, 0.2) is 5.82 Å². The SMILES string of the molecule is CCc1cc(NC(=O)CSc2ccccc2)nn1-c1ccc(OC)cc1. The Morgan fingerprint density at radius 2 is 1.88 bits per heavy atom. The van der Waals surface area contributed by atoms with Gasteiger partial charge in [-0.1, -0.05) is 25.1 Å². The van der Waals surface area contributed by atoms with Crippen LogP contribution in [0.5, 0.6) is 5.75 Å². The fourth-order valence-corrected chi connectivity index (χ4v) is 3.24. The van der Waals surface area contributed by atoms with Gasteiger partial charge in [-0.3, -0.25) is 4.79 Å². The summed E-state index contributed by atoms with van der Waals surface area (Å²) in [6, 6.07) is 19.5. The highest BCUT2D eigenvalue weighted by Crippen LogP contribution is 2.20. The first-order valence-corrected chi connectivity index (χ1v) is 9.39. The van der Waals surface area contributed by atoms with Gasteiger partial charge in [-0.25, -0.2) is 4.68 Å². The van der Waals surface area contributed by atoms with E-state index < -0.39 is 0 Å². The van der Waals surface area contributed by atoms with E-state index in [9.17, 15) is 4.79 Å². The molecule has 0 unspecified atom stereocenters. The van der Waals surface area contributed by atoms with Crippen molar-refractivity contribution in [1.82, 2.24) is 9.78 Å². The summed E-state index contributed by atoms with van der Waals surface area (Å²) in [6.45, 7) is 2.06. The molecule has 134 valence electrons. The number of hydrogen-bond donors (Lipinski definition) is 1. The highest BCUT2D eigenvalue weighted by molar-refractivity contribution is 8.00. The lowest BCUT2D eigenvalue weighted by Gasteiger charge is -2.06. The van der Waals surface area contributed by atoms with Crippen LogP contribution in [0, 0.1) is 0 Å². The minimum absolute atomic E-state index is 0.0686. The summed E-state index contributed by atoms with van der Waals surface area (Å²) in [5.41, 5.74) is 1.96. The van der Waals surface area contributed by atoms with Gasteiger partial charge < -0.3 is 10.1 Å². The van der Waals surface area contributed by atoms with Crippen molar-refractivity contribution in [3.63, 3.8) is 0 Å². The van der Waals surface area contributed by atoms with Crippen molar-refractivity contribution >= 4 is 23.5 Å². The molecule has 0 fully saturated rings. The average molecular weight is 367 g/mol. The number of amides is 1. The molecule has 1 aromatic heterocycles. The van der Waals surface area contributed by atoms with Crippen LogP contribution in [0.1, 0.15) is 12.6 Å². The molecule has 1 heterocycles. The molecule has 0 atom stereocenters. The number of carbonyl (C=O) groups excluding carboxylic acids is 1. The van der Waals surface area contributed by atoms with E-state index in [1.54, 1.807) is 7.11 Å². The molecule has 0 saturated heterocycles. The zero-order chi connectivity index (χ0) is 18.4. The van der Waals surface area contributed by atoms with Crippen LogP contribution in [0.4, 0.5) is 5.82 Å². The maximum atomic E-state index is 12.2. The van der Waals surface area contributed by atoms with Gasteiger partial charge in [0, 0.05) is 16.7 Å². The van der Waals surface area contributed by atoms with Crippen molar-refractivity contribution in [1.29, 1.82) is 0 Å². The summed E-state index contributed by atoms with van der Waals surface area (Å²) in [7, 11) is 1.64. The molecular formula is C20H21N3O2S. The second-order valence-electron chi connectivity index (χ2n) is 5.63. The van der Waals surface area contributed by atoms with Gasteiger partial charge in [-0.2, -0.15) is 0 Å². The minimum atomic E-state index is -0.0686. The number of anilines is 1. The summed E-state index contributed by atoms with van der Waals surface area (Å²) in [6.07, 6.45) is 0.813. The lowest BCUT2D eigenvalue weighted by atomic mass is 10.2. The van der Waals surface area contributed by atoms with Gasteiger partial charge in [-0.05, 0) is 42.8 Å². The number of ether oxygens (including phenoxy) is 1. The molecule has 5 nitrogen and oxygen atoms in total. The molecule has 1 N–H and O–H groups in total. The summed E-state index contributed by atoms with van der Waals surface area (Å²) in [4.78, 5) is 13.3. The number of nitrogens with zero attached hydrogens (tertiary/aromatic N) is 2. The molecule has 2 aromatic carbocycles. The van der Waals surface area contributed by atoms with Crippen LogP contribution in [0.15, 0.2) is 65.6 Å². The van der Waals surface area contributed by atoms with Crippen molar-refractivity contribution in [2.24, 2.45) is 0 Å². The third kappa shape index (κ3) is 4.46. The molecule has 0 radical (unpaired) electrons. The van der Waals surface area contributed by atoms with E-state index in [0.717, 1.165) is 28.4 Å². The van der Waals surface area contributed by atoms with Crippen molar-refractivity contribution in [3.8, 4) is 11.4 Å². The quantitative estimate of drug-likeness (QED) is 0.637. The van der Waals surface area contributed by atoms with Gasteiger partial charge in [-0.15, -0.1) is 16.9 Å². The predicted molar refractivity (Wildman–Crippen MR) is 105 cm³/mol. The van der Waals surface area contributed by atoms with Crippen molar-refractivity contribution in [2.75, 3.05) is 18.2 Å². The molecule has 0 spiro atoms. The van der Waals surface area contributed by atoms with Gasteiger partial charge in [0.05, 0.1) is 18.6 Å². The Labute approximate surface area is 157 Å². The van der Waals surface area contributed by atoms with Crippen LogP contribution in [0.25, 0.3) is 5.69 Å². The standard InChI is InChI=1S/C20H21N3O2S/c1-3-15-13-19(21-20(24)14-26-18-7-5-4-6-8-18)22-23(15)16-9-11-17(25-2)12-10-16/h4-13H,3,14H2,1-2H3,(H,21,22,24). The van der Waals surface area contributed by atoms with Crippen molar-refractivity contribution in [3.05, 3.63) is 66.4 Å². The number of aryl methyl sites for hydroxylation is 1. The zero-order valence-electron chi connectivity index (χ0n) is 14.8. The molecule has 3 rings (SSSR count). The Morgan fingerprint density at radius 3 is 2.54 bits per heavy atom. The highest BCUT2D eigenvalue weighted by atomic mass is 32.2. The molecule has 26 heavy (non-hydrogen) atoms. The van der Waals surface area contributed by atoms with Crippen LogP contribution in [-0.2, 0) is 11.2 Å². The number of methoxy groups -OCH3 is 1. The third-order valence-corrected chi connectivity index (χ3v) is 4.85. The number of rotatable bonds is 7. The molecule has 1 amide bonds. The second-order valence-corrected chi connectivity index (χ2v) is 6.68. The molecule has 0 aliphatic carbocycles. The number of carbonyl (C=O) groups is 1. The molecule has 0 aliphatic heterocycles. The summed E-state index contributed by atoms with van der Waals surface area (Å²) >= 11 is 1.50. The fraction of sp³-hybridized carbons (Fsp3) is 0.200. The van der Waals surface area contributed by atoms with E-state index in [1.807, 2.05) is 65.3 Å². The third-order valence-electron chi connectivity index (χ3n) is 3.84. The van der Waals surface area contributed by atoms with E-state index in [2.05, 4.69) is 17.3 Å². The maximum absolute atomic E-state index is 12.2. The zero-order valence-corrected chi connectivity index (χ0v) is 15.6. The van der Waals surface area contributed by atoms with Crippen LogP contribution < -0.4 is 10.1 Å². The number of benzene rings is 2. The van der Waals surface area contributed by atoms with Crippen molar-refractivity contribution < 1.29 is 9.53 Å². The highest BCUT2D eigenvalue weighted by Gasteiger charge is 2.11. The Balaban J connectivity index is 1.68. The van der Waals surface area contributed by atoms with Crippen LogP contribution in [0.2, 0.25) is 0 Å². The molecule has 0 bridgehead atoms. The Hall–Kier alpha value is -2.73. The number of nitrogens with one attached hydrogen (secondary N) is 1. The number of thioether (sulfide) groups is 1. The average Bonchev–Trinajstić information content (AvgIpc) is 3.10. The first kappa shape index (κ1) is 18.1. The largest absolute Gasteiger partial charge is 0.497 e. The van der Waals surface area contributed by atoms with E-state index in [4.69, 9.17) is 4.74 Å². The number of hydrogen-bond acceptors (Lipinski definition) is 4. The monoisotopic (exact) mass is 367 g/mol. The number of aromatic nitrogens is 2. The second kappa shape index (κ2) is 8.58. The van der Waals surface area contributed by atoms with Gasteiger partial charge in [0.25, 0.3) is 0 Å². The van der Waals surface area contributed by atoms with E-state index >= 15 is 0 Å². The Kier molecular flexibility index (Phi) is 5.96. The molecule has 0 saturated carbocycles. The molecule has 3 aromatic rings. The normalized spacial score (nSPS) is 10.5. The summed E-state index contributed by atoms with van der Waals surface area (Å²) in [5, 5.41) is 7.42. The van der Waals surface area contributed by atoms with E-state index in [-0.39, 0.29) is 5.91 Å². The molecule has 6 heteroatoms. The first-order valence-electron chi connectivity index (χ1n) is 8.40. The Bertz CT molecular complexity index is 861. The van der Waals surface area contributed by atoms with Gasteiger partial charge >= 0.3 is 0 Å². The van der Waals surface area contributed by atoms with Crippen LogP contribution in [0.3, 0.4) is 0 Å². The maximum Gasteiger partial charge on any atom is 0.235 e. The van der Waals surface area contributed by atoms with Crippen molar-refractivity contribution in [2.45, 2.75) is 18.2 Å². The lowest BCUT2D eigenvalue weighted by molar-refractivity contribution is -0.113. The molecular weight excluding hydrogens is 346 g/mol. The smallest absolute Gasteiger partial charge is 0.235 e. The predicted octanol–water partition coefficient (Wildman–Crippen LogP) is 4.17. The topological polar surface area (TPSA) is 56.2 Å². The lowest BCUT2D eigenvalue weighted by Crippen LogP contribution is -2.14. The van der Waals surface area contributed by atoms with Crippen LogP contribution in [-0.4, -0.2) is 28.6 Å². The van der Waals surface area contributed by atoms with E-state index in [1.165, 1.54) is 11.8 Å². The Morgan fingerprint density at radius 1 is 1.15 bits per heavy atom. The fourth-order valence-electron chi connectivity index (χ4n) is 2.52.